The van der Waals surface area contributed by atoms with E-state index in [0.717, 1.165) is 0 Å². The standard InChI is InChI=1S/C2HCl2P/c3-2(4)1-5/h2H. The van der Waals surface area contributed by atoms with Gasteiger partial charge in [-0.1, -0.05) is 0 Å². The van der Waals surface area contributed by atoms with Crippen LogP contribution >= 0.6 is 31.9 Å². The maximum atomic E-state index is 5.04. The third-order valence-electron chi connectivity index (χ3n) is 0.0976. The summed E-state index contributed by atoms with van der Waals surface area (Å²) in [4.78, 5) is -0.557. The summed E-state index contributed by atoms with van der Waals surface area (Å²) in [5.41, 5.74) is 2.25. The van der Waals surface area contributed by atoms with Gasteiger partial charge in [0.2, 0.25) is 0 Å². The van der Waals surface area contributed by atoms with Crippen LogP contribution in [0.2, 0.25) is 0 Å². The van der Waals surface area contributed by atoms with Crippen molar-refractivity contribution < 1.29 is 0 Å². The summed E-state index contributed by atoms with van der Waals surface area (Å²) in [6.07, 6.45) is 0. The Morgan fingerprint density at radius 2 is 1.80 bits per heavy atom. The van der Waals surface area contributed by atoms with Gasteiger partial charge in [-0.2, -0.15) is 0 Å². The molecule has 0 radical (unpaired) electrons. The third-order valence-corrected chi connectivity index (χ3v) is 0.878. The number of halogens is 2. The average Bonchev–Trinajstić information content (AvgIpc) is 1.38. The Hall–Kier alpha value is 0.790. The van der Waals surface area contributed by atoms with Gasteiger partial charge < -0.3 is 0 Å². The molecular weight excluding hydrogens is 126 g/mol. The van der Waals surface area contributed by atoms with Crippen molar-refractivity contribution in [1.82, 2.24) is 0 Å². The van der Waals surface area contributed by atoms with E-state index in [1.165, 1.54) is 0 Å². The van der Waals surface area contributed by atoms with Crippen LogP contribution in [0.15, 0.2) is 0 Å². The van der Waals surface area contributed by atoms with Crippen molar-refractivity contribution in [3.63, 3.8) is 0 Å². The van der Waals surface area contributed by atoms with Crippen molar-refractivity contribution in [2.45, 2.75) is 4.84 Å². The fraction of sp³-hybridized carbons (Fsp3) is 0.500. The van der Waals surface area contributed by atoms with Gasteiger partial charge in [-0.25, -0.2) is 0 Å². The summed E-state index contributed by atoms with van der Waals surface area (Å²) in [5.74, 6) is 0. The van der Waals surface area contributed by atoms with Crippen molar-refractivity contribution in [3.05, 3.63) is 0 Å². The summed E-state index contributed by atoms with van der Waals surface area (Å²) < 4.78 is 0. The zero-order chi connectivity index (χ0) is 4.28. The molecule has 0 aliphatic heterocycles. The van der Waals surface area contributed by atoms with Gasteiger partial charge in [0.1, 0.15) is 0 Å². The summed E-state index contributed by atoms with van der Waals surface area (Å²) in [7, 11) is 3.50. The van der Waals surface area contributed by atoms with E-state index in [1.807, 2.05) is 0 Å². The fourth-order valence-corrected chi connectivity index (χ4v) is 0. The predicted molar refractivity (Wildman–Crippen MR) is 26.3 cm³/mol. The molecule has 0 atom stereocenters. The van der Waals surface area contributed by atoms with Gasteiger partial charge in [0.05, 0.1) is 0 Å². The first-order valence-corrected chi connectivity index (χ1v) is 2.27. The van der Waals surface area contributed by atoms with Crippen LogP contribution in [-0.4, -0.2) is 4.84 Å². The Morgan fingerprint density at radius 3 is 1.80 bits per heavy atom. The van der Waals surface area contributed by atoms with Gasteiger partial charge in [0.25, 0.3) is 0 Å². The molecule has 0 bridgehead atoms. The first-order valence-electron chi connectivity index (χ1n) is 0.949. The number of hydrogen-bond acceptors (Lipinski definition) is 0. The SMILES string of the molecule is P#CC(Cl)Cl. The molecule has 0 amide bonds. The second-order valence-corrected chi connectivity index (χ2v) is 1.78. The minimum atomic E-state index is -0.557. The molecule has 3 heteroatoms. The molecule has 5 heavy (non-hydrogen) atoms. The molecule has 0 aliphatic rings. The summed E-state index contributed by atoms with van der Waals surface area (Å²) in [6, 6.07) is 0. The van der Waals surface area contributed by atoms with E-state index >= 15 is 0 Å². The Morgan fingerprint density at radius 1 is 1.60 bits per heavy atom. The molecule has 0 aromatic carbocycles. The van der Waals surface area contributed by atoms with Crippen LogP contribution in [0.25, 0.3) is 0 Å². The maximum absolute atomic E-state index is 5.04. The monoisotopic (exact) mass is 126 g/mol. The van der Waals surface area contributed by atoms with E-state index in [9.17, 15) is 0 Å². The summed E-state index contributed by atoms with van der Waals surface area (Å²) in [6.45, 7) is 0. The summed E-state index contributed by atoms with van der Waals surface area (Å²) in [5, 5.41) is 0. The molecule has 0 aliphatic carbocycles. The van der Waals surface area contributed by atoms with Gasteiger partial charge in [-0.3, -0.25) is 0 Å². The van der Waals surface area contributed by atoms with Crippen molar-refractivity contribution in [1.29, 1.82) is 0 Å². The molecule has 0 nitrogen and oxygen atoms in total. The van der Waals surface area contributed by atoms with Crippen molar-refractivity contribution in [3.8, 4) is 5.63 Å². The molecule has 0 heterocycles. The number of alkyl halides is 2. The van der Waals surface area contributed by atoms with Crippen LogP contribution in [0.4, 0.5) is 0 Å². The molecule has 0 rings (SSSR count). The van der Waals surface area contributed by atoms with Crippen LogP contribution in [0, 0.1) is 5.63 Å². The van der Waals surface area contributed by atoms with E-state index in [-0.39, 0.29) is 0 Å². The van der Waals surface area contributed by atoms with Gasteiger partial charge in [0.15, 0.2) is 0 Å². The van der Waals surface area contributed by atoms with Gasteiger partial charge in [-0.05, 0) is 0 Å². The molecule has 0 aromatic rings. The summed E-state index contributed by atoms with van der Waals surface area (Å²) >= 11 is 10.1. The minimum absolute atomic E-state index is 0.557. The molecular formula is C2HCl2P. The Labute approximate surface area is 43.0 Å². The molecule has 0 N–H and O–H groups in total. The molecule has 28 valence electrons. The molecule has 0 aromatic heterocycles. The predicted octanol–water partition coefficient (Wildman–Crippen LogP) is 2.16. The van der Waals surface area contributed by atoms with Crippen LogP contribution < -0.4 is 0 Å². The average molecular weight is 127 g/mol. The number of rotatable bonds is 0. The molecule has 0 fully saturated rings. The quantitative estimate of drug-likeness (QED) is 0.345. The second-order valence-electron chi connectivity index (χ2n) is 0.430. The zero-order valence-electron chi connectivity index (χ0n) is 2.28. The molecule has 0 saturated carbocycles. The van der Waals surface area contributed by atoms with Gasteiger partial charge >= 0.3 is 42.4 Å². The fourth-order valence-electron chi connectivity index (χ4n) is 0. The van der Waals surface area contributed by atoms with E-state index in [1.54, 1.807) is 0 Å². The topological polar surface area (TPSA) is 0 Å². The molecule has 0 unspecified atom stereocenters. The van der Waals surface area contributed by atoms with E-state index in [4.69, 9.17) is 23.2 Å². The second kappa shape index (κ2) is 3.00. The van der Waals surface area contributed by atoms with Crippen LogP contribution in [0.3, 0.4) is 0 Å². The van der Waals surface area contributed by atoms with Crippen molar-refractivity contribution in [2.24, 2.45) is 0 Å². The van der Waals surface area contributed by atoms with Gasteiger partial charge in [-0.15, -0.1) is 0 Å². The van der Waals surface area contributed by atoms with Crippen LogP contribution in [-0.2, 0) is 0 Å². The molecule has 0 saturated heterocycles. The van der Waals surface area contributed by atoms with Crippen LogP contribution in [0.1, 0.15) is 0 Å². The third kappa shape index (κ3) is 4.79. The first-order chi connectivity index (χ1) is 2.27. The molecule has 0 spiro atoms. The van der Waals surface area contributed by atoms with Crippen LogP contribution in [0.5, 0.6) is 0 Å². The normalized spacial score (nSPS) is 7.60. The first kappa shape index (κ1) is 5.79. The van der Waals surface area contributed by atoms with E-state index < -0.39 is 4.84 Å². The van der Waals surface area contributed by atoms with Crippen molar-refractivity contribution >= 4 is 31.9 Å². The Bertz CT molecular complexity index is 53.2. The zero-order valence-corrected chi connectivity index (χ0v) is 4.69. The van der Waals surface area contributed by atoms with E-state index in [2.05, 4.69) is 14.3 Å². The Balaban J connectivity index is 2.94. The van der Waals surface area contributed by atoms with E-state index in [0.29, 0.717) is 0 Å². The van der Waals surface area contributed by atoms with Crippen molar-refractivity contribution in [2.75, 3.05) is 0 Å². The van der Waals surface area contributed by atoms with Gasteiger partial charge in [0, 0.05) is 0 Å². The Kier molecular flexibility index (Phi) is 3.47. The number of hydrogen-bond donors (Lipinski definition) is 0.